The van der Waals surface area contributed by atoms with Crippen LogP contribution in [0, 0.1) is 0 Å². The van der Waals surface area contributed by atoms with Gasteiger partial charge in [0.15, 0.2) is 9.84 Å². The highest BCUT2D eigenvalue weighted by Crippen LogP contribution is 2.39. The third kappa shape index (κ3) is 4.84. The first-order valence-corrected chi connectivity index (χ1v) is 12.3. The maximum Gasteiger partial charge on any atom is 0.180 e. The van der Waals surface area contributed by atoms with Crippen molar-refractivity contribution in [2.24, 2.45) is 0 Å². The van der Waals surface area contributed by atoms with Gasteiger partial charge in [0.2, 0.25) is 0 Å². The first-order chi connectivity index (χ1) is 13.8. The van der Waals surface area contributed by atoms with Crippen molar-refractivity contribution in [3.63, 3.8) is 0 Å². The van der Waals surface area contributed by atoms with Crippen molar-refractivity contribution in [2.45, 2.75) is 76.0 Å². The zero-order valence-corrected chi connectivity index (χ0v) is 18.8. The summed E-state index contributed by atoms with van der Waals surface area (Å²) in [7, 11) is -3.47. The molecule has 4 nitrogen and oxygen atoms in total. The minimum atomic E-state index is -3.47. The number of unbranched alkanes of at least 4 members (excludes halogenated alkanes) is 1. The van der Waals surface area contributed by atoms with E-state index in [9.17, 15) is 8.42 Å². The molecule has 1 N–H and O–H groups in total. The van der Waals surface area contributed by atoms with Crippen molar-refractivity contribution in [2.75, 3.05) is 5.75 Å². The van der Waals surface area contributed by atoms with Crippen LogP contribution in [-0.4, -0.2) is 25.8 Å². The second-order valence-electron chi connectivity index (χ2n) is 8.35. The Bertz CT molecular complexity index is 924. The molecule has 0 bridgehead atoms. The van der Waals surface area contributed by atoms with E-state index in [2.05, 4.69) is 31.3 Å². The molecule has 0 aliphatic carbocycles. The van der Waals surface area contributed by atoms with Gasteiger partial charge < -0.3 is 4.74 Å². The molecule has 1 aliphatic heterocycles. The second kappa shape index (κ2) is 8.88. The lowest BCUT2D eigenvalue weighted by Crippen LogP contribution is -2.50. The summed E-state index contributed by atoms with van der Waals surface area (Å²) in [5, 5.41) is 3.78. The van der Waals surface area contributed by atoms with E-state index in [1.165, 1.54) is 0 Å². The Kier molecular flexibility index (Phi) is 6.69. The molecule has 3 rings (SSSR count). The molecule has 0 radical (unpaired) electrons. The van der Waals surface area contributed by atoms with Crippen molar-refractivity contribution in [1.82, 2.24) is 5.32 Å². The number of hydrogen-bond acceptors (Lipinski definition) is 4. The zero-order chi connectivity index (χ0) is 21.1. The Hall–Kier alpha value is -1.85. The molecular formula is C24H33NO3S. The third-order valence-corrected chi connectivity index (χ3v) is 7.69. The first-order valence-electron chi connectivity index (χ1n) is 10.7. The lowest BCUT2D eigenvalue weighted by Gasteiger charge is -2.35. The van der Waals surface area contributed by atoms with Crippen molar-refractivity contribution in [3.8, 4) is 5.75 Å². The van der Waals surface area contributed by atoms with Crippen molar-refractivity contribution < 1.29 is 13.2 Å². The Labute approximate surface area is 175 Å². The number of nitrogens with one attached hydrogen (secondary N) is 1. The molecule has 2 atom stereocenters. The molecule has 0 saturated heterocycles. The van der Waals surface area contributed by atoms with Gasteiger partial charge in [0.05, 0.1) is 22.8 Å². The van der Waals surface area contributed by atoms with Crippen LogP contribution >= 0.6 is 0 Å². The summed E-state index contributed by atoms with van der Waals surface area (Å²) < 4.78 is 32.9. The monoisotopic (exact) mass is 415 g/mol. The lowest BCUT2D eigenvalue weighted by atomic mass is 9.88. The van der Waals surface area contributed by atoms with Gasteiger partial charge in [-0.15, -0.1) is 0 Å². The summed E-state index contributed by atoms with van der Waals surface area (Å²) in [5.74, 6) is 0.713. The SMILES string of the molecule is CCCC[C@]1(CC)CS(=O)(=O)c2cc(OC(C)C)ccc2[C@H](c2ccccc2)N1. The molecule has 158 valence electrons. The molecule has 2 aromatic rings. The summed E-state index contributed by atoms with van der Waals surface area (Å²) in [6, 6.07) is 15.5. The number of rotatable bonds is 7. The van der Waals surface area contributed by atoms with E-state index in [4.69, 9.17) is 4.74 Å². The van der Waals surface area contributed by atoms with Crippen molar-refractivity contribution in [3.05, 3.63) is 59.7 Å². The fraction of sp³-hybridized carbons (Fsp3) is 0.500. The van der Waals surface area contributed by atoms with E-state index in [0.717, 1.165) is 36.8 Å². The number of hydrogen-bond donors (Lipinski definition) is 1. The summed E-state index contributed by atoms with van der Waals surface area (Å²) in [6.45, 7) is 8.12. The molecule has 0 aromatic heterocycles. The van der Waals surface area contributed by atoms with Crippen LogP contribution in [0.15, 0.2) is 53.4 Å². The predicted octanol–water partition coefficient (Wildman–Crippen LogP) is 5.28. The van der Waals surface area contributed by atoms with Gasteiger partial charge in [0.1, 0.15) is 5.75 Å². The van der Waals surface area contributed by atoms with Gasteiger partial charge in [-0.25, -0.2) is 8.42 Å². The van der Waals surface area contributed by atoms with Gasteiger partial charge in [0.25, 0.3) is 0 Å². The van der Waals surface area contributed by atoms with Crippen LogP contribution < -0.4 is 10.1 Å². The molecule has 5 heteroatoms. The number of sulfone groups is 1. The van der Waals surface area contributed by atoms with Crippen molar-refractivity contribution in [1.29, 1.82) is 0 Å². The van der Waals surface area contributed by atoms with Gasteiger partial charge in [-0.3, -0.25) is 5.32 Å². The Morgan fingerprint density at radius 2 is 1.86 bits per heavy atom. The van der Waals surface area contributed by atoms with E-state index in [0.29, 0.717) is 10.6 Å². The van der Waals surface area contributed by atoms with Crippen LogP contribution in [0.3, 0.4) is 0 Å². The lowest BCUT2D eigenvalue weighted by molar-refractivity contribution is 0.241. The highest BCUT2D eigenvalue weighted by Gasteiger charge is 2.41. The minimum Gasteiger partial charge on any atom is -0.491 e. The van der Waals surface area contributed by atoms with Crippen LogP contribution in [0.25, 0.3) is 0 Å². The fourth-order valence-corrected chi connectivity index (χ4v) is 6.34. The van der Waals surface area contributed by atoms with Crippen LogP contribution in [0.2, 0.25) is 0 Å². The molecule has 0 unspecified atom stereocenters. The van der Waals surface area contributed by atoms with Crippen LogP contribution in [0.4, 0.5) is 0 Å². The largest absolute Gasteiger partial charge is 0.491 e. The van der Waals surface area contributed by atoms with Gasteiger partial charge in [-0.2, -0.15) is 0 Å². The smallest absolute Gasteiger partial charge is 0.180 e. The van der Waals surface area contributed by atoms with Crippen LogP contribution in [0.5, 0.6) is 5.75 Å². The Morgan fingerprint density at radius 1 is 1.14 bits per heavy atom. The molecule has 0 spiro atoms. The highest BCUT2D eigenvalue weighted by molar-refractivity contribution is 7.91. The normalized spacial score (nSPS) is 23.4. The van der Waals surface area contributed by atoms with Crippen LogP contribution in [0.1, 0.15) is 70.5 Å². The summed E-state index contributed by atoms with van der Waals surface area (Å²) in [6.07, 6.45) is 3.63. The predicted molar refractivity (Wildman–Crippen MR) is 118 cm³/mol. The summed E-state index contributed by atoms with van der Waals surface area (Å²) >= 11 is 0. The average Bonchev–Trinajstić information content (AvgIpc) is 2.79. The Morgan fingerprint density at radius 3 is 2.48 bits per heavy atom. The summed E-state index contributed by atoms with van der Waals surface area (Å²) in [5.41, 5.74) is 1.44. The molecule has 1 aliphatic rings. The van der Waals surface area contributed by atoms with Gasteiger partial charge in [-0.1, -0.05) is 63.1 Å². The quantitative estimate of drug-likeness (QED) is 0.668. The zero-order valence-electron chi connectivity index (χ0n) is 17.9. The Balaban J connectivity index is 2.18. The minimum absolute atomic E-state index is 0.0103. The fourth-order valence-electron chi connectivity index (χ4n) is 4.18. The summed E-state index contributed by atoms with van der Waals surface area (Å²) in [4.78, 5) is 0.392. The molecule has 2 aromatic carbocycles. The number of ether oxygens (including phenoxy) is 1. The van der Waals surface area contributed by atoms with Gasteiger partial charge in [0, 0.05) is 5.54 Å². The van der Waals surface area contributed by atoms with E-state index >= 15 is 0 Å². The van der Waals surface area contributed by atoms with E-state index in [1.54, 1.807) is 6.07 Å². The molecule has 1 heterocycles. The third-order valence-electron chi connectivity index (χ3n) is 5.74. The van der Waals surface area contributed by atoms with Gasteiger partial charge >= 0.3 is 0 Å². The maximum atomic E-state index is 13.5. The molecular weight excluding hydrogens is 382 g/mol. The molecule has 0 fully saturated rings. The van der Waals surface area contributed by atoms with E-state index in [-0.39, 0.29) is 17.9 Å². The number of fused-ring (bicyclic) bond motifs is 1. The topological polar surface area (TPSA) is 55.4 Å². The molecule has 29 heavy (non-hydrogen) atoms. The standard InChI is InChI=1S/C24H33NO3S/c1-5-7-15-24(6-2)17-29(26,27)22-16-20(28-18(3)4)13-14-21(22)23(25-24)19-11-9-8-10-12-19/h8-14,16,18,23,25H,5-7,15,17H2,1-4H3/t23-,24+/m0/s1. The number of benzene rings is 2. The molecule has 0 saturated carbocycles. The highest BCUT2D eigenvalue weighted by atomic mass is 32.2. The van der Waals surface area contributed by atoms with Gasteiger partial charge in [-0.05, 0) is 49.9 Å². The maximum absolute atomic E-state index is 13.5. The second-order valence-corrected chi connectivity index (χ2v) is 10.3. The van der Waals surface area contributed by atoms with Crippen molar-refractivity contribution >= 4 is 9.84 Å². The van der Waals surface area contributed by atoms with E-state index in [1.807, 2.05) is 44.2 Å². The van der Waals surface area contributed by atoms with Crippen LogP contribution in [-0.2, 0) is 9.84 Å². The average molecular weight is 416 g/mol. The first kappa shape index (κ1) is 21.8. The van der Waals surface area contributed by atoms with E-state index < -0.39 is 15.4 Å². The molecule has 0 amide bonds.